The van der Waals surface area contributed by atoms with Crippen LogP contribution in [0.3, 0.4) is 0 Å². The molecule has 0 fully saturated rings. The number of amides is 1. The maximum Gasteiger partial charge on any atom is 0.224 e. The number of para-hydroxylation sites is 1. The van der Waals surface area contributed by atoms with Gasteiger partial charge in [-0.3, -0.25) is 4.79 Å². The minimum absolute atomic E-state index is 0.0356. The number of H-pyrrole nitrogens is 1. The van der Waals surface area contributed by atoms with E-state index < -0.39 is 0 Å². The van der Waals surface area contributed by atoms with Gasteiger partial charge in [0.25, 0.3) is 0 Å². The van der Waals surface area contributed by atoms with Crippen LogP contribution < -0.4 is 5.32 Å². The topological polar surface area (TPSA) is 44.9 Å². The lowest BCUT2D eigenvalue weighted by molar-refractivity contribution is -0.121. The van der Waals surface area contributed by atoms with Crippen LogP contribution in [-0.4, -0.2) is 10.9 Å². The zero-order valence-electron chi connectivity index (χ0n) is 13.3. The summed E-state index contributed by atoms with van der Waals surface area (Å²) in [6, 6.07) is 15.9. The highest BCUT2D eigenvalue weighted by Gasteiger charge is 2.26. The predicted octanol–water partition coefficient (Wildman–Crippen LogP) is 4.56. The van der Waals surface area contributed by atoms with E-state index >= 15 is 0 Å². The van der Waals surface area contributed by atoms with Gasteiger partial charge in [-0.05, 0) is 36.5 Å². The van der Waals surface area contributed by atoms with Gasteiger partial charge in [-0.1, -0.05) is 54.1 Å². The first-order chi connectivity index (χ1) is 11.7. The highest BCUT2D eigenvalue weighted by molar-refractivity contribution is 6.35. The molecule has 1 amide bonds. The minimum Gasteiger partial charge on any atom is -0.355 e. The molecule has 3 nitrogen and oxygen atoms in total. The van der Waals surface area contributed by atoms with Crippen LogP contribution in [0.2, 0.25) is 5.02 Å². The Morgan fingerprint density at radius 1 is 1.17 bits per heavy atom. The number of hydrogen-bond acceptors (Lipinski definition) is 1. The number of aromatic amines is 1. The molecule has 0 bridgehead atoms. The number of rotatable bonds is 3. The number of carbonyl (C=O) groups is 1. The van der Waals surface area contributed by atoms with Gasteiger partial charge in [0.1, 0.15) is 0 Å². The zero-order valence-corrected chi connectivity index (χ0v) is 14.1. The van der Waals surface area contributed by atoms with Crippen LogP contribution in [0.25, 0.3) is 10.9 Å². The van der Waals surface area contributed by atoms with Gasteiger partial charge >= 0.3 is 0 Å². The maximum atomic E-state index is 12.4. The molecule has 2 aromatic carbocycles. The molecule has 1 heterocycles. The Kier molecular flexibility index (Phi) is 4.03. The molecule has 1 aromatic heterocycles. The fourth-order valence-electron chi connectivity index (χ4n) is 3.62. The van der Waals surface area contributed by atoms with Crippen LogP contribution in [0.4, 0.5) is 0 Å². The SMILES string of the molecule is O=C(Cc1ccccc1)NC1CCCc2c1[nH]c1c(Cl)cccc21. The third-order valence-electron chi connectivity index (χ3n) is 4.73. The molecule has 0 radical (unpaired) electrons. The number of aromatic nitrogens is 1. The van der Waals surface area contributed by atoms with Crippen LogP contribution in [0.5, 0.6) is 0 Å². The van der Waals surface area contributed by atoms with E-state index in [1.54, 1.807) is 0 Å². The second-order valence-electron chi connectivity index (χ2n) is 6.35. The van der Waals surface area contributed by atoms with Gasteiger partial charge < -0.3 is 10.3 Å². The molecule has 0 spiro atoms. The first kappa shape index (κ1) is 15.3. The molecule has 122 valence electrons. The van der Waals surface area contributed by atoms with Crippen LogP contribution >= 0.6 is 11.6 Å². The van der Waals surface area contributed by atoms with Crippen LogP contribution in [0.1, 0.15) is 35.7 Å². The molecule has 1 aliphatic rings. The molecule has 1 atom stereocenters. The van der Waals surface area contributed by atoms with E-state index in [-0.39, 0.29) is 11.9 Å². The summed E-state index contributed by atoms with van der Waals surface area (Å²) in [6.07, 6.45) is 3.47. The summed E-state index contributed by atoms with van der Waals surface area (Å²) in [5.74, 6) is 0.0591. The van der Waals surface area contributed by atoms with E-state index in [0.717, 1.165) is 41.1 Å². The second-order valence-corrected chi connectivity index (χ2v) is 6.76. The fourth-order valence-corrected chi connectivity index (χ4v) is 3.84. The Bertz CT molecular complexity index is 885. The van der Waals surface area contributed by atoms with Crippen LogP contribution in [-0.2, 0) is 17.6 Å². The summed E-state index contributed by atoms with van der Waals surface area (Å²) in [6.45, 7) is 0. The predicted molar refractivity (Wildman–Crippen MR) is 97.3 cm³/mol. The van der Waals surface area contributed by atoms with E-state index in [2.05, 4.69) is 16.4 Å². The Balaban J connectivity index is 1.59. The lowest BCUT2D eigenvalue weighted by Crippen LogP contribution is -2.32. The Morgan fingerprint density at radius 2 is 2.00 bits per heavy atom. The summed E-state index contributed by atoms with van der Waals surface area (Å²) in [5, 5.41) is 5.10. The summed E-state index contributed by atoms with van der Waals surface area (Å²) in [5.41, 5.74) is 4.42. The van der Waals surface area contributed by atoms with E-state index in [1.165, 1.54) is 10.9 Å². The molecule has 3 aromatic rings. The summed E-state index contributed by atoms with van der Waals surface area (Å²) in [4.78, 5) is 15.9. The first-order valence-electron chi connectivity index (χ1n) is 8.34. The van der Waals surface area contributed by atoms with Gasteiger partial charge in [-0.25, -0.2) is 0 Å². The van der Waals surface area contributed by atoms with Gasteiger partial charge in [0.05, 0.1) is 23.0 Å². The van der Waals surface area contributed by atoms with Crippen LogP contribution in [0, 0.1) is 0 Å². The molecule has 0 aliphatic heterocycles. The third kappa shape index (κ3) is 2.80. The molecule has 1 unspecified atom stereocenters. The smallest absolute Gasteiger partial charge is 0.224 e. The molecule has 4 rings (SSSR count). The van der Waals surface area contributed by atoms with Gasteiger partial charge in [0.15, 0.2) is 0 Å². The lowest BCUT2D eigenvalue weighted by Gasteiger charge is -2.24. The number of aryl methyl sites for hydroxylation is 1. The lowest BCUT2D eigenvalue weighted by atomic mass is 9.91. The summed E-state index contributed by atoms with van der Waals surface area (Å²) >= 11 is 6.32. The van der Waals surface area contributed by atoms with Crippen molar-refractivity contribution in [3.63, 3.8) is 0 Å². The average Bonchev–Trinajstić information content (AvgIpc) is 2.97. The monoisotopic (exact) mass is 338 g/mol. The Labute approximate surface area is 146 Å². The molecular weight excluding hydrogens is 320 g/mol. The highest BCUT2D eigenvalue weighted by atomic mass is 35.5. The number of halogens is 1. The number of nitrogens with one attached hydrogen (secondary N) is 2. The van der Waals surface area contributed by atoms with Crippen molar-refractivity contribution in [2.45, 2.75) is 31.7 Å². The normalized spacial score (nSPS) is 16.8. The van der Waals surface area contributed by atoms with Gasteiger partial charge in [-0.15, -0.1) is 0 Å². The Morgan fingerprint density at radius 3 is 2.83 bits per heavy atom. The van der Waals surface area contributed by atoms with Gasteiger partial charge in [-0.2, -0.15) is 0 Å². The zero-order chi connectivity index (χ0) is 16.5. The van der Waals surface area contributed by atoms with Crippen molar-refractivity contribution in [1.82, 2.24) is 10.3 Å². The third-order valence-corrected chi connectivity index (χ3v) is 5.05. The maximum absolute atomic E-state index is 12.4. The largest absolute Gasteiger partial charge is 0.355 e. The van der Waals surface area contributed by atoms with Crippen molar-refractivity contribution >= 4 is 28.4 Å². The van der Waals surface area contributed by atoms with Crippen molar-refractivity contribution in [2.75, 3.05) is 0 Å². The molecule has 1 aliphatic carbocycles. The van der Waals surface area contributed by atoms with E-state index in [4.69, 9.17) is 11.6 Å². The second kappa shape index (κ2) is 6.33. The van der Waals surface area contributed by atoms with Crippen molar-refractivity contribution in [1.29, 1.82) is 0 Å². The van der Waals surface area contributed by atoms with E-state index in [0.29, 0.717) is 6.42 Å². The quantitative estimate of drug-likeness (QED) is 0.722. The number of hydrogen-bond donors (Lipinski definition) is 2. The van der Waals surface area contributed by atoms with Gasteiger partial charge in [0, 0.05) is 11.1 Å². The minimum atomic E-state index is 0.0356. The van der Waals surface area contributed by atoms with Crippen molar-refractivity contribution < 1.29 is 4.79 Å². The van der Waals surface area contributed by atoms with Crippen LogP contribution in [0.15, 0.2) is 48.5 Å². The molecule has 2 N–H and O–H groups in total. The fraction of sp³-hybridized carbons (Fsp3) is 0.250. The first-order valence-corrected chi connectivity index (χ1v) is 8.72. The molecule has 24 heavy (non-hydrogen) atoms. The molecule has 0 saturated heterocycles. The van der Waals surface area contributed by atoms with E-state index in [1.807, 2.05) is 42.5 Å². The van der Waals surface area contributed by atoms with Crippen molar-refractivity contribution in [2.24, 2.45) is 0 Å². The summed E-state index contributed by atoms with van der Waals surface area (Å²) in [7, 11) is 0. The number of benzene rings is 2. The molecule has 4 heteroatoms. The van der Waals surface area contributed by atoms with E-state index in [9.17, 15) is 4.79 Å². The average molecular weight is 339 g/mol. The van der Waals surface area contributed by atoms with Crippen molar-refractivity contribution in [3.05, 3.63) is 70.4 Å². The standard InChI is InChI=1S/C20H19ClN2O/c21-16-10-4-8-14-15-9-5-11-17(20(15)23-19(14)16)22-18(24)12-13-6-2-1-3-7-13/h1-4,6-8,10,17,23H,5,9,11-12H2,(H,22,24). The van der Waals surface area contributed by atoms with Crippen molar-refractivity contribution in [3.8, 4) is 0 Å². The molecule has 0 saturated carbocycles. The Hall–Kier alpha value is -2.26. The number of carbonyl (C=O) groups excluding carboxylic acids is 1. The summed E-state index contributed by atoms with van der Waals surface area (Å²) < 4.78 is 0. The highest BCUT2D eigenvalue weighted by Crippen LogP contribution is 2.36. The van der Waals surface area contributed by atoms with Gasteiger partial charge in [0.2, 0.25) is 5.91 Å². The molecular formula is C20H19ClN2O. The number of fused-ring (bicyclic) bond motifs is 3.